The third-order valence-corrected chi connectivity index (χ3v) is 3.82. The highest BCUT2D eigenvalue weighted by Crippen LogP contribution is 2.38. The van der Waals surface area contributed by atoms with Crippen molar-refractivity contribution in [3.8, 4) is 0 Å². The van der Waals surface area contributed by atoms with Crippen LogP contribution in [0.15, 0.2) is 29.8 Å². The largest absolute Gasteiger partial charge is 0.0837 e. The Labute approximate surface area is 110 Å². The zero-order valence-corrected chi connectivity index (χ0v) is 11.4. The Bertz CT molecular complexity index is 380. The average Bonchev–Trinajstić information content (AvgIpc) is 3.19. The monoisotopic (exact) mass is 248 g/mol. The molecular formula is C16H21Cl. The van der Waals surface area contributed by atoms with E-state index >= 15 is 0 Å². The summed E-state index contributed by atoms with van der Waals surface area (Å²) < 4.78 is 0. The molecular weight excluding hydrogens is 228 g/mol. The van der Waals surface area contributed by atoms with Gasteiger partial charge in [0.15, 0.2) is 0 Å². The van der Waals surface area contributed by atoms with Crippen LogP contribution < -0.4 is 0 Å². The van der Waals surface area contributed by atoms with E-state index in [0.29, 0.717) is 0 Å². The van der Waals surface area contributed by atoms with Crippen molar-refractivity contribution < 1.29 is 0 Å². The lowest BCUT2D eigenvalue weighted by Crippen LogP contribution is -1.86. The van der Waals surface area contributed by atoms with Gasteiger partial charge in [0.1, 0.15) is 0 Å². The van der Waals surface area contributed by atoms with E-state index in [1.807, 2.05) is 0 Å². The number of unbranched alkanes of at least 4 members (excludes halogenated alkanes) is 3. The summed E-state index contributed by atoms with van der Waals surface area (Å²) in [6.07, 6.45) is 8.91. The number of benzene rings is 1. The summed E-state index contributed by atoms with van der Waals surface area (Å²) in [6, 6.07) is 8.80. The standard InChI is InChI=1S/C16H21Cl/c1-2-3-4-5-6-13-7-9-14(10-8-13)16(17)15-11-12-15/h7-10H,2-6,11-12H2,1H3. The summed E-state index contributed by atoms with van der Waals surface area (Å²) in [5, 5.41) is 0.988. The molecule has 0 radical (unpaired) electrons. The molecule has 1 aromatic rings. The van der Waals surface area contributed by atoms with Gasteiger partial charge in [-0.3, -0.25) is 0 Å². The summed E-state index contributed by atoms with van der Waals surface area (Å²) in [5.74, 6) is 0. The zero-order chi connectivity index (χ0) is 12.1. The lowest BCUT2D eigenvalue weighted by molar-refractivity contribution is 0.667. The average molecular weight is 249 g/mol. The van der Waals surface area contributed by atoms with Crippen molar-refractivity contribution in [1.82, 2.24) is 0 Å². The van der Waals surface area contributed by atoms with Crippen LogP contribution in [0.4, 0.5) is 0 Å². The van der Waals surface area contributed by atoms with E-state index < -0.39 is 0 Å². The number of hydrogen-bond acceptors (Lipinski definition) is 0. The molecule has 1 aliphatic rings. The second-order valence-electron chi connectivity index (χ2n) is 4.93. The van der Waals surface area contributed by atoms with Crippen LogP contribution >= 0.6 is 11.6 Å². The first kappa shape index (κ1) is 12.7. The van der Waals surface area contributed by atoms with E-state index in [4.69, 9.17) is 11.6 Å². The van der Waals surface area contributed by atoms with Gasteiger partial charge in [-0.2, -0.15) is 0 Å². The van der Waals surface area contributed by atoms with Gasteiger partial charge in [0, 0.05) is 5.03 Å². The van der Waals surface area contributed by atoms with Crippen LogP contribution in [0.3, 0.4) is 0 Å². The van der Waals surface area contributed by atoms with Crippen LogP contribution in [0.5, 0.6) is 0 Å². The van der Waals surface area contributed by atoms with Gasteiger partial charge in [-0.25, -0.2) is 0 Å². The van der Waals surface area contributed by atoms with Crippen molar-refractivity contribution in [2.45, 2.75) is 51.9 Å². The topological polar surface area (TPSA) is 0 Å². The van der Waals surface area contributed by atoms with E-state index in [0.717, 1.165) is 5.03 Å². The summed E-state index contributed by atoms with van der Waals surface area (Å²) in [6.45, 7) is 2.25. The zero-order valence-electron chi connectivity index (χ0n) is 10.6. The van der Waals surface area contributed by atoms with Gasteiger partial charge in [0.05, 0.1) is 0 Å². The molecule has 1 heteroatoms. The highest BCUT2D eigenvalue weighted by Gasteiger charge is 2.17. The van der Waals surface area contributed by atoms with Gasteiger partial charge in [-0.1, -0.05) is 67.6 Å². The number of aryl methyl sites for hydroxylation is 1. The summed E-state index contributed by atoms with van der Waals surface area (Å²) >= 11 is 6.28. The van der Waals surface area contributed by atoms with Gasteiger partial charge < -0.3 is 0 Å². The molecule has 1 saturated carbocycles. The van der Waals surface area contributed by atoms with Crippen LogP contribution in [0.1, 0.15) is 56.6 Å². The quantitative estimate of drug-likeness (QED) is 0.579. The van der Waals surface area contributed by atoms with Crippen LogP contribution in [-0.2, 0) is 6.42 Å². The first-order chi connectivity index (χ1) is 8.31. The fourth-order valence-electron chi connectivity index (χ4n) is 2.06. The number of hydrogen-bond donors (Lipinski definition) is 0. The molecule has 17 heavy (non-hydrogen) atoms. The first-order valence-corrected chi connectivity index (χ1v) is 7.16. The van der Waals surface area contributed by atoms with Crippen molar-refractivity contribution in [2.75, 3.05) is 0 Å². The fourth-order valence-corrected chi connectivity index (χ4v) is 2.37. The smallest absolute Gasteiger partial charge is 0.0470 e. The van der Waals surface area contributed by atoms with Crippen LogP contribution in [0.25, 0.3) is 5.03 Å². The van der Waals surface area contributed by atoms with E-state index in [9.17, 15) is 0 Å². The summed E-state index contributed by atoms with van der Waals surface area (Å²) in [4.78, 5) is 0. The van der Waals surface area contributed by atoms with Gasteiger partial charge in [-0.05, 0) is 36.8 Å². The molecule has 2 rings (SSSR count). The SMILES string of the molecule is CCCCCCc1ccc(C(Cl)=C2CC2)cc1. The molecule has 92 valence electrons. The molecule has 0 unspecified atom stereocenters. The van der Waals surface area contributed by atoms with Crippen LogP contribution in [0, 0.1) is 0 Å². The molecule has 0 spiro atoms. The Morgan fingerprint density at radius 2 is 1.76 bits per heavy atom. The van der Waals surface area contributed by atoms with E-state index in [-0.39, 0.29) is 0 Å². The maximum atomic E-state index is 6.28. The van der Waals surface area contributed by atoms with E-state index in [1.54, 1.807) is 0 Å². The van der Waals surface area contributed by atoms with Crippen molar-refractivity contribution in [1.29, 1.82) is 0 Å². The lowest BCUT2D eigenvalue weighted by atomic mass is 10.0. The predicted octanol–water partition coefficient (Wildman–Crippen LogP) is 5.55. The third kappa shape index (κ3) is 3.89. The maximum Gasteiger partial charge on any atom is 0.0470 e. The highest BCUT2D eigenvalue weighted by molar-refractivity contribution is 6.49. The summed E-state index contributed by atoms with van der Waals surface area (Å²) in [7, 11) is 0. The second-order valence-corrected chi connectivity index (χ2v) is 5.30. The Kier molecular flexibility index (Phi) is 4.67. The molecule has 0 heterocycles. The molecule has 0 atom stereocenters. The minimum absolute atomic E-state index is 0.988. The molecule has 0 aromatic heterocycles. The Morgan fingerprint density at radius 3 is 2.35 bits per heavy atom. The molecule has 1 fully saturated rings. The molecule has 0 amide bonds. The third-order valence-electron chi connectivity index (χ3n) is 3.34. The lowest BCUT2D eigenvalue weighted by Gasteiger charge is -2.03. The van der Waals surface area contributed by atoms with Crippen molar-refractivity contribution in [2.24, 2.45) is 0 Å². The molecule has 0 N–H and O–H groups in total. The van der Waals surface area contributed by atoms with Gasteiger partial charge in [0.25, 0.3) is 0 Å². The molecule has 0 aliphatic heterocycles. The first-order valence-electron chi connectivity index (χ1n) is 6.78. The van der Waals surface area contributed by atoms with Gasteiger partial charge in [-0.15, -0.1) is 0 Å². The molecule has 0 saturated heterocycles. The van der Waals surface area contributed by atoms with E-state index in [1.165, 1.54) is 61.6 Å². The second kappa shape index (κ2) is 6.26. The normalized spacial score (nSPS) is 13.9. The Morgan fingerprint density at radius 1 is 1.06 bits per heavy atom. The number of rotatable bonds is 6. The van der Waals surface area contributed by atoms with Crippen molar-refractivity contribution in [3.63, 3.8) is 0 Å². The molecule has 1 aliphatic carbocycles. The molecule has 0 bridgehead atoms. The van der Waals surface area contributed by atoms with Crippen LogP contribution in [-0.4, -0.2) is 0 Å². The van der Waals surface area contributed by atoms with Crippen molar-refractivity contribution >= 4 is 16.6 Å². The molecule has 1 aromatic carbocycles. The van der Waals surface area contributed by atoms with Crippen molar-refractivity contribution in [3.05, 3.63) is 41.0 Å². The number of halogens is 1. The van der Waals surface area contributed by atoms with Gasteiger partial charge in [0.2, 0.25) is 0 Å². The Hall–Kier alpha value is -0.750. The minimum atomic E-state index is 0.988. The van der Waals surface area contributed by atoms with E-state index in [2.05, 4.69) is 31.2 Å². The number of allylic oxidation sites excluding steroid dienone is 1. The summed E-state index contributed by atoms with van der Waals surface area (Å²) in [5.41, 5.74) is 4.05. The maximum absolute atomic E-state index is 6.28. The molecule has 0 nitrogen and oxygen atoms in total. The fraction of sp³-hybridized carbons (Fsp3) is 0.500. The Balaban J connectivity index is 1.87. The minimum Gasteiger partial charge on any atom is -0.0837 e. The van der Waals surface area contributed by atoms with Crippen LogP contribution in [0.2, 0.25) is 0 Å². The van der Waals surface area contributed by atoms with Gasteiger partial charge >= 0.3 is 0 Å². The predicted molar refractivity (Wildman–Crippen MR) is 76.3 cm³/mol. The highest BCUT2D eigenvalue weighted by atomic mass is 35.5.